The lowest BCUT2D eigenvalue weighted by molar-refractivity contribution is -0.154. The Morgan fingerprint density at radius 3 is 2.40 bits per heavy atom. The number of ether oxygens (including phenoxy) is 1. The zero-order chi connectivity index (χ0) is 14.6. The molecule has 0 aromatic heterocycles. The third-order valence-corrected chi connectivity index (χ3v) is 4.23. The molecule has 1 heterocycles. The largest absolute Gasteiger partial charge is 0.481 e. The van der Waals surface area contributed by atoms with Gasteiger partial charge in [-0.1, -0.05) is 19.1 Å². The van der Waals surface area contributed by atoms with Crippen molar-refractivity contribution < 1.29 is 14.6 Å². The number of nitrogens with zero attached hydrogens (tertiary/aromatic N) is 1. The monoisotopic (exact) mass is 277 g/mol. The van der Waals surface area contributed by atoms with Gasteiger partial charge in [0.15, 0.2) is 0 Å². The van der Waals surface area contributed by atoms with Crippen LogP contribution in [0.15, 0.2) is 24.3 Å². The standard InChI is InChI=1S/C16H23NO3/c1-3-13-4-6-14(7-5-13)17(2)12-16(15(18)19)8-10-20-11-9-16/h4-7H,3,8-12H2,1-2H3,(H,18,19). The number of aliphatic carboxylic acids is 1. The van der Waals surface area contributed by atoms with Crippen LogP contribution in [-0.2, 0) is 16.0 Å². The van der Waals surface area contributed by atoms with E-state index < -0.39 is 11.4 Å². The first-order valence-corrected chi connectivity index (χ1v) is 7.18. The molecule has 0 amide bonds. The number of hydrogen-bond donors (Lipinski definition) is 1. The lowest BCUT2D eigenvalue weighted by atomic mass is 9.79. The van der Waals surface area contributed by atoms with E-state index in [1.54, 1.807) is 0 Å². The summed E-state index contributed by atoms with van der Waals surface area (Å²) in [5.74, 6) is -0.710. The number of carboxylic acid groups (broad SMARTS) is 1. The van der Waals surface area contributed by atoms with Crippen LogP contribution >= 0.6 is 0 Å². The Morgan fingerprint density at radius 1 is 1.30 bits per heavy atom. The predicted molar refractivity (Wildman–Crippen MR) is 79.2 cm³/mol. The number of rotatable bonds is 5. The van der Waals surface area contributed by atoms with E-state index in [4.69, 9.17) is 4.74 Å². The van der Waals surface area contributed by atoms with Crippen molar-refractivity contribution in [3.05, 3.63) is 29.8 Å². The highest BCUT2D eigenvalue weighted by Crippen LogP contribution is 2.33. The molecular formula is C16H23NO3. The highest BCUT2D eigenvalue weighted by molar-refractivity contribution is 5.76. The summed E-state index contributed by atoms with van der Waals surface area (Å²) < 4.78 is 5.31. The second kappa shape index (κ2) is 6.27. The number of aryl methyl sites for hydroxylation is 1. The van der Waals surface area contributed by atoms with Gasteiger partial charge in [-0.15, -0.1) is 0 Å². The molecule has 110 valence electrons. The number of hydrogen-bond acceptors (Lipinski definition) is 3. The molecule has 1 saturated heterocycles. The van der Waals surface area contributed by atoms with Crippen LogP contribution in [0.2, 0.25) is 0 Å². The maximum atomic E-state index is 11.7. The summed E-state index contributed by atoms with van der Waals surface area (Å²) in [4.78, 5) is 13.7. The van der Waals surface area contributed by atoms with Crippen LogP contribution in [0, 0.1) is 5.41 Å². The highest BCUT2D eigenvalue weighted by atomic mass is 16.5. The van der Waals surface area contributed by atoms with Crippen LogP contribution in [-0.4, -0.2) is 37.9 Å². The Kier molecular flexibility index (Phi) is 4.65. The minimum absolute atomic E-state index is 0.525. The molecule has 1 aromatic carbocycles. The van der Waals surface area contributed by atoms with Crippen LogP contribution in [0.5, 0.6) is 0 Å². The van der Waals surface area contributed by atoms with Gasteiger partial charge in [0.2, 0.25) is 0 Å². The average molecular weight is 277 g/mol. The van der Waals surface area contributed by atoms with Gasteiger partial charge in [0.1, 0.15) is 0 Å². The smallest absolute Gasteiger partial charge is 0.311 e. The third-order valence-electron chi connectivity index (χ3n) is 4.23. The van der Waals surface area contributed by atoms with Crippen molar-refractivity contribution in [2.24, 2.45) is 5.41 Å². The minimum atomic E-state index is -0.710. The first-order chi connectivity index (χ1) is 9.57. The summed E-state index contributed by atoms with van der Waals surface area (Å²) in [6.45, 7) is 3.72. The van der Waals surface area contributed by atoms with Gasteiger partial charge < -0.3 is 14.7 Å². The van der Waals surface area contributed by atoms with Gasteiger partial charge in [0.05, 0.1) is 5.41 Å². The topological polar surface area (TPSA) is 49.8 Å². The van der Waals surface area contributed by atoms with Gasteiger partial charge in [-0.2, -0.15) is 0 Å². The van der Waals surface area contributed by atoms with Gasteiger partial charge in [0, 0.05) is 32.5 Å². The van der Waals surface area contributed by atoms with E-state index in [0.717, 1.165) is 12.1 Å². The average Bonchev–Trinajstić information content (AvgIpc) is 2.48. The number of anilines is 1. The summed E-state index contributed by atoms with van der Waals surface area (Å²) in [5, 5.41) is 9.58. The fraction of sp³-hybridized carbons (Fsp3) is 0.562. The molecule has 4 heteroatoms. The Hall–Kier alpha value is -1.55. The molecular weight excluding hydrogens is 254 g/mol. The first kappa shape index (κ1) is 14.9. The molecule has 0 atom stereocenters. The molecule has 1 aliphatic rings. The molecule has 0 saturated carbocycles. The van der Waals surface area contributed by atoms with Crippen LogP contribution in [0.4, 0.5) is 5.69 Å². The zero-order valence-corrected chi connectivity index (χ0v) is 12.3. The maximum absolute atomic E-state index is 11.7. The van der Waals surface area contributed by atoms with Crippen molar-refractivity contribution in [1.82, 2.24) is 0 Å². The van der Waals surface area contributed by atoms with Crippen molar-refractivity contribution in [2.75, 3.05) is 31.7 Å². The molecule has 1 fully saturated rings. The van der Waals surface area contributed by atoms with Crippen molar-refractivity contribution in [2.45, 2.75) is 26.2 Å². The lowest BCUT2D eigenvalue weighted by Crippen LogP contribution is -2.45. The van der Waals surface area contributed by atoms with Crippen LogP contribution in [0.25, 0.3) is 0 Å². The minimum Gasteiger partial charge on any atom is -0.481 e. The maximum Gasteiger partial charge on any atom is 0.311 e. The molecule has 1 N–H and O–H groups in total. The fourth-order valence-electron chi connectivity index (χ4n) is 2.73. The fourth-order valence-corrected chi connectivity index (χ4v) is 2.73. The number of benzene rings is 1. The number of carbonyl (C=O) groups is 1. The normalized spacial score (nSPS) is 17.7. The van der Waals surface area contributed by atoms with Gasteiger partial charge in [0.25, 0.3) is 0 Å². The Morgan fingerprint density at radius 2 is 1.90 bits per heavy atom. The predicted octanol–water partition coefficient (Wildman–Crippen LogP) is 2.57. The zero-order valence-electron chi connectivity index (χ0n) is 12.3. The molecule has 1 aliphatic heterocycles. The third kappa shape index (κ3) is 3.12. The first-order valence-electron chi connectivity index (χ1n) is 7.18. The van der Waals surface area contributed by atoms with E-state index in [-0.39, 0.29) is 0 Å². The molecule has 0 aliphatic carbocycles. The van der Waals surface area contributed by atoms with Crippen molar-refractivity contribution in [1.29, 1.82) is 0 Å². The molecule has 0 bridgehead atoms. The van der Waals surface area contributed by atoms with Crippen molar-refractivity contribution >= 4 is 11.7 Å². The second-order valence-electron chi connectivity index (χ2n) is 5.57. The van der Waals surface area contributed by atoms with Crippen LogP contribution < -0.4 is 4.90 Å². The van der Waals surface area contributed by atoms with Crippen LogP contribution in [0.3, 0.4) is 0 Å². The SMILES string of the molecule is CCc1ccc(N(C)CC2(C(=O)O)CCOCC2)cc1. The van der Waals surface area contributed by atoms with E-state index in [2.05, 4.69) is 31.2 Å². The van der Waals surface area contributed by atoms with Gasteiger partial charge in [-0.3, -0.25) is 4.79 Å². The number of carboxylic acids is 1. The van der Waals surface area contributed by atoms with E-state index in [1.165, 1.54) is 5.56 Å². The quantitative estimate of drug-likeness (QED) is 0.898. The lowest BCUT2D eigenvalue weighted by Gasteiger charge is -2.37. The summed E-state index contributed by atoms with van der Waals surface area (Å²) >= 11 is 0. The summed E-state index contributed by atoms with van der Waals surface area (Å²) in [6.07, 6.45) is 2.18. The van der Waals surface area contributed by atoms with Crippen molar-refractivity contribution in [3.8, 4) is 0 Å². The molecule has 0 unspecified atom stereocenters. The summed E-state index contributed by atoms with van der Waals surface area (Å²) in [5.41, 5.74) is 1.67. The molecule has 1 aromatic rings. The molecule has 0 radical (unpaired) electrons. The van der Waals surface area contributed by atoms with E-state index in [0.29, 0.717) is 32.6 Å². The Labute approximate surface area is 120 Å². The highest BCUT2D eigenvalue weighted by Gasteiger charge is 2.41. The van der Waals surface area contributed by atoms with E-state index in [9.17, 15) is 9.90 Å². The summed E-state index contributed by atoms with van der Waals surface area (Å²) in [6, 6.07) is 8.33. The van der Waals surface area contributed by atoms with E-state index >= 15 is 0 Å². The van der Waals surface area contributed by atoms with Gasteiger partial charge in [-0.25, -0.2) is 0 Å². The molecule has 20 heavy (non-hydrogen) atoms. The molecule has 4 nitrogen and oxygen atoms in total. The molecule has 0 spiro atoms. The van der Waals surface area contributed by atoms with E-state index in [1.807, 2.05) is 11.9 Å². The van der Waals surface area contributed by atoms with Gasteiger partial charge >= 0.3 is 5.97 Å². The second-order valence-corrected chi connectivity index (χ2v) is 5.57. The van der Waals surface area contributed by atoms with Crippen LogP contribution in [0.1, 0.15) is 25.3 Å². The Balaban J connectivity index is 2.11. The summed E-state index contributed by atoms with van der Waals surface area (Å²) in [7, 11) is 1.96. The molecule has 2 rings (SSSR count). The Bertz CT molecular complexity index is 449. The van der Waals surface area contributed by atoms with Crippen molar-refractivity contribution in [3.63, 3.8) is 0 Å². The van der Waals surface area contributed by atoms with Gasteiger partial charge in [-0.05, 0) is 37.0 Å².